The van der Waals surface area contributed by atoms with Gasteiger partial charge in [0.2, 0.25) is 5.88 Å². The monoisotopic (exact) mass is 999 g/mol. The fourth-order valence-corrected chi connectivity index (χ4v) is 12.0. The van der Waals surface area contributed by atoms with Crippen LogP contribution in [0.2, 0.25) is 5.02 Å². The number of allylic oxidation sites excluding steroid dienone is 1. The molecule has 0 saturated carbocycles. The summed E-state index contributed by atoms with van der Waals surface area (Å²) in [4.78, 5) is 40.3. The van der Waals surface area contributed by atoms with Crippen LogP contribution in [-0.4, -0.2) is 130 Å². The lowest BCUT2D eigenvalue weighted by Crippen LogP contribution is -2.47. The van der Waals surface area contributed by atoms with Crippen molar-refractivity contribution in [1.82, 2.24) is 24.3 Å². The lowest BCUT2D eigenvalue weighted by Gasteiger charge is -2.39. The Morgan fingerprint density at radius 3 is 2.52 bits per heavy atom. The van der Waals surface area contributed by atoms with Crippen LogP contribution in [0.1, 0.15) is 55.5 Å². The molecule has 366 valence electrons. The number of carbonyl (C=O) groups is 1. The minimum Gasteiger partial charge on any atom is -0.476 e. The van der Waals surface area contributed by atoms with Gasteiger partial charge in [0.1, 0.15) is 24.3 Å². The summed E-state index contributed by atoms with van der Waals surface area (Å²) in [6, 6.07) is 20.9. The molecule has 3 aliphatic heterocycles. The molecular weight excluding hydrogens is 941 g/mol. The minimum atomic E-state index is -4.63. The number of piperazine rings is 1. The van der Waals surface area contributed by atoms with Crippen LogP contribution in [0.5, 0.6) is 5.88 Å². The Morgan fingerprint density at radius 1 is 0.986 bits per heavy atom. The van der Waals surface area contributed by atoms with E-state index in [4.69, 9.17) is 26.1 Å². The molecule has 20 heteroatoms. The van der Waals surface area contributed by atoms with Gasteiger partial charge in [0.15, 0.2) is 0 Å². The van der Waals surface area contributed by atoms with Crippen LogP contribution in [0.25, 0.3) is 16.6 Å². The lowest BCUT2D eigenvalue weighted by molar-refractivity contribution is -0.384. The van der Waals surface area contributed by atoms with E-state index in [2.05, 4.69) is 50.8 Å². The van der Waals surface area contributed by atoms with Crippen molar-refractivity contribution in [1.29, 1.82) is 0 Å². The number of nitrogens with zero attached hydrogens (tertiary/aromatic N) is 6. The number of nitro benzene ring substituents is 1. The number of carbonyl (C=O) groups excluding carboxylic acids is 1. The smallest absolute Gasteiger partial charge is 0.293 e. The normalized spacial score (nSPS) is 19.5. The zero-order valence-electron chi connectivity index (χ0n) is 39.4. The molecule has 3 aromatic carbocycles. The summed E-state index contributed by atoms with van der Waals surface area (Å²) in [5.74, 6) is -0.528. The first-order valence-electron chi connectivity index (χ1n) is 23.4. The van der Waals surface area contributed by atoms with Crippen LogP contribution in [0.4, 0.5) is 28.4 Å². The van der Waals surface area contributed by atoms with E-state index >= 15 is 0 Å². The number of fused-ring (bicyclic) bond motifs is 2. The number of H-pyrrole nitrogens is 1. The highest BCUT2D eigenvalue weighted by Crippen LogP contribution is 2.45. The Balaban J connectivity index is 0.971. The van der Waals surface area contributed by atoms with Gasteiger partial charge in [0.05, 0.1) is 40.4 Å². The van der Waals surface area contributed by atoms with Crippen LogP contribution in [0.15, 0.2) is 89.5 Å². The highest BCUT2D eigenvalue weighted by atomic mass is 35.5. The predicted molar refractivity (Wildman–Crippen MR) is 271 cm³/mol. The molecule has 0 spiro atoms. The van der Waals surface area contributed by atoms with Gasteiger partial charge in [-0.15, -0.1) is 0 Å². The summed E-state index contributed by atoms with van der Waals surface area (Å²) in [5.41, 5.74) is 6.59. The maximum Gasteiger partial charge on any atom is 0.293 e. The maximum atomic E-state index is 14.4. The van der Waals surface area contributed by atoms with Crippen molar-refractivity contribution in [2.45, 2.75) is 50.5 Å². The van der Waals surface area contributed by atoms with E-state index in [9.17, 15) is 27.9 Å². The van der Waals surface area contributed by atoms with Gasteiger partial charge in [0, 0.05) is 101 Å². The second kappa shape index (κ2) is 19.7. The van der Waals surface area contributed by atoms with Gasteiger partial charge in [0.25, 0.3) is 21.6 Å². The number of morpholine rings is 1. The SMILES string of the molecule is CC1(C)CCC(CN2CCN(c3ccc(C(=O)NS(=O)(=O)c4ccc(NCC5CN(P(C)(C)=O)CCO5)c([N+](=O)[O-])c4)c(N4CCCOc5nc6[nH]ccc6cc54)c3)CC2)=C(c2ccc(Cl)cc2)C1. The zero-order valence-corrected chi connectivity index (χ0v) is 41.8. The van der Waals surface area contributed by atoms with Crippen LogP contribution in [0.3, 0.4) is 0 Å². The lowest BCUT2D eigenvalue weighted by atomic mass is 9.72. The molecule has 9 rings (SSSR count). The number of nitrogens with one attached hydrogen (secondary N) is 3. The molecule has 5 aromatic rings. The van der Waals surface area contributed by atoms with E-state index in [0.717, 1.165) is 74.1 Å². The average molecular weight is 1000 g/mol. The fraction of sp³-hybridized carbons (Fsp3) is 0.429. The van der Waals surface area contributed by atoms with Gasteiger partial charge in [-0.25, -0.2) is 17.8 Å². The molecule has 69 heavy (non-hydrogen) atoms. The molecule has 3 N–H and O–H groups in total. The Bertz CT molecular complexity index is 2950. The van der Waals surface area contributed by atoms with Gasteiger partial charge in [-0.3, -0.25) is 19.8 Å². The van der Waals surface area contributed by atoms with E-state index < -0.39 is 44.8 Å². The molecule has 1 unspecified atom stereocenters. The van der Waals surface area contributed by atoms with Crippen LogP contribution >= 0.6 is 18.9 Å². The number of aromatic nitrogens is 2. The first kappa shape index (κ1) is 48.5. The minimum absolute atomic E-state index is 0.0749. The number of nitro groups is 1. The number of anilines is 4. The molecule has 2 aromatic heterocycles. The standard InChI is InChI=1S/C49H59ClN9O8PS/c1-49(2)16-14-35(41(29-49)33-6-8-36(50)9-7-33)31-55-19-21-56(22-20-55)37-10-12-40(43(27-37)58-18-5-24-67-48-45(58)26-34-15-17-51-46(34)53-48)47(60)54-69(64,65)39-11-13-42(44(28-39)59(61)62)52-30-38-32-57(23-25-66-38)68(3,4)63/h6-13,15,17,26-28,38,52H,5,14,16,18-25,29-32H2,1-4H3,(H,51,53)(H,54,60). The molecule has 1 atom stereocenters. The highest BCUT2D eigenvalue weighted by molar-refractivity contribution is 7.90. The third kappa shape index (κ3) is 11.0. The molecule has 0 radical (unpaired) electrons. The van der Waals surface area contributed by atoms with Crippen molar-refractivity contribution >= 4 is 79.9 Å². The summed E-state index contributed by atoms with van der Waals surface area (Å²) in [6.45, 7) is 14.2. The maximum absolute atomic E-state index is 14.4. The van der Waals surface area contributed by atoms with Crippen molar-refractivity contribution in [2.75, 3.05) is 101 Å². The molecule has 1 aliphatic carbocycles. The molecule has 2 fully saturated rings. The third-order valence-electron chi connectivity index (χ3n) is 13.6. The van der Waals surface area contributed by atoms with Crippen LogP contribution in [-0.2, 0) is 19.3 Å². The van der Waals surface area contributed by atoms with Crippen molar-refractivity contribution in [2.24, 2.45) is 5.41 Å². The molecule has 4 aliphatic rings. The van der Waals surface area contributed by atoms with Crippen LogP contribution in [0, 0.1) is 15.5 Å². The van der Waals surface area contributed by atoms with Crippen molar-refractivity contribution in [3.8, 4) is 5.88 Å². The van der Waals surface area contributed by atoms with Gasteiger partial charge in [-0.1, -0.05) is 43.2 Å². The van der Waals surface area contributed by atoms with Gasteiger partial charge in [-0.05, 0) is 96.8 Å². The fourth-order valence-electron chi connectivity index (χ4n) is 9.75. The number of hydrogen-bond acceptors (Lipinski definition) is 13. The average Bonchev–Trinajstić information content (AvgIpc) is 3.68. The van der Waals surface area contributed by atoms with E-state index in [1.165, 1.54) is 28.8 Å². The number of pyridine rings is 1. The number of halogens is 1. The number of sulfonamides is 1. The largest absolute Gasteiger partial charge is 0.476 e. The second-order valence-electron chi connectivity index (χ2n) is 19.4. The number of rotatable bonds is 13. The predicted octanol–water partition coefficient (Wildman–Crippen LogP) is 8.60. The first-order chi connectivity index (χ1) is 32.9. The topological polar surface area (TPSA) is 196 Å². The van der Waals surface area contributed by atoms with E-state index in [1.807, 2.05) is 46.0 Å². The van der Waals surface area contributed by atoms with E-state index in [0.29, 0.717) is 62.2 Å². The van der Waals surface area contributed by atoms with Gasteiger partial charge >= 0.3 is 0 Å². The molecule has 1 amide bonds. The van der Waals surface area contributed by atoms with Crippen molar-refractivity contribution in [3.63, 3.8) is 0 Å². The Labute approximate surface area is 407 Å². The summed E-state index contributed by atoms with van der Waals surface area (Å²) in [5, 5.41) is 16.9. The van der Waals surface area contributed by atoms with Gasteiger partial charge in [-0.2, -0.15) is 4.98 Å². The highest BCUT2D eigenvalue weighted by Gasteiger charge is 2.33. The zero-order chi connectivity index (χ0) is 48.7. The molecule has 2 saturated heterocycles. The Morgan fingerprint density at radius 2 is 1.77 bits per heavy atom. The summed E-state index contributed by atoms with van der Waals surface area (Å²) < 4.78 is 56.8. The first-order valence-corrected chi connectivity index (χ1v) is 27.8. The van der Waals surface area contributed by atoms with E-state index in [-0.39, 0.29) is 23.2 Å². The molecule has 0 bridgehead atoms. The Kier molecular flexibility index (Phi) is 13.9. The number of aromatic amines is 1. The third-order valence-corrected chi connectivity index (χ3v) is 16.9. The molecule has 5 heterocycles. The second-order valence-corrected chi connectivity index (χ2v) is 24.7. The number of amides is 1. The van der Waals surface area contributed by atoms with Gasteiger partial charge < -0.3 is 34.1 Å². The number of ether oxygens (including phenoxy) is 2. The molecular formula is C49H59ClN9O8PS. The van der Waals surface area contributed by atoms with Crippen molar-refractivity contribution < 1.29 is 32.2 Å². The summed E-state index contributed by atoms with van der Waals surface area (Å²) in [6.07, 6.45) is 5.15. The van der Waals surface area contributed by atoms with Crippen molar-refractivity contribution in [3.05, 3.63) is 111 Å². The van der Waals surface area contributed by atoms with E-state index in [1.54, 1.807) is 25.6 Å². The number of benzene rings is 3. The quantitative estimate of drug-likeness (QED) is 0.0576. The Hall–Kier alpha value is -5.49. The number of hydrogen-bond donors (Lipinski definition) is 3. The molecule has 17 nitrogen and oxygen atoms in total. The summed E-state index contributed by atoms with van der Waals surface area (Å²) >= 11 is 6.28. The van der Waals surface area contributed by atoms with Crippen LogP contribution < -0.4 is 24.6 Å². The summed E-state index contributed by atoms with van der Waals surface area (Å²) in [7, 11) is -7.16.